The van der Waals surface area contributed by atoms with Crippen LogP contribution in [0.5, 0.6) is 0 Å². The Morgan fingerprint density at radius 2 is 2.25 bits per heavy atom. The van der Waals surface area contributed by atoms with E-state index in [0.29, 0.717) is 6.04 Å². The van der Waals surface area contributed by atoms with E-state index in [1.807, 2.05) is 0 Å². The van der Waals surface area contributed by atoms with E-state index in [0.717, 1.165) is 25.6 Å². The van der Waals surface area contributed by atoms with E-state index in [2.05, 4.69) is 25.7 Å². The standard InChI is InChI=1S/C13H28N2O/c1-5-15(12(3)9-16-4)13(10-14)7-6-11(2)8-13/h11-12H,5-10,14H2,1-4H3. The van der Waals surface area contributed by atoms with Crippen molar-refractivity contribution in [3.05, 3.63) is 0 Å². The predicted molar refractivity (Wildman–Crippen MR) is 68.5 cm³/mol. The molecule has 0 bridgehead atoms. The van der Waals surface area contributed by atoms with Crippen molar-refractivity contribution in [2.45, 2.75) is 51.6 Å². The molecule has 1 aliphatic carbocycles. The molecule has 3 atom stereocenters. The highest BCUT2D eigenvalue weighted by Crippen LogP contribution is 2.39. The van der Waals surface area contributed by atoms with Gasteiger partial charge in [-0.25, -0.2) is 0 Å². The zero-order valence-electron chi connectivity index (χ0n) is 11.3. The van der Waals surface area contributed by atoms with Crippen LogP contribution in [-0.4, -0.2) is 43.3 Å². The zero-order valence-corrected chi connectivity index (χ0v) is 11.3. The van der Waals surface area contributed by atoms with E-state index >= 15 is 0 Å². The molecule has 0 amide bonds. The summed E-state index contributed by atoms with van der Waals surface area (Å²) in [7, 11) is 1.77. The van der Waals surface area contributed by atoms with Gasteiger partial charge in [0, 0.05) is 25.2 Å². The number of nitrogens with two attached hydrogens (primary N) is 1. The lowest BCUT2D eigenvalue weighted by Crippen LogP contribution is -2.56. The van der Waals surface area contributed by atoms with Crippen molar-refractivity contribution in [3.8, 4) is 0 Å². The first-order chi connectivity index (χ1) is 7.59. The molecule has 96 valence electrons. The Morgan fingerprint density at radius 1 is 1.56 bits per heavy atom. The average molecular weight is 228 g/mol. The highest BCUT2D eigenvalue weighted by atomic mass is 16.5. The molecule has 1 rings (SSSR count). The van der Waals surface area contributed by atoms with Gasteiger partial charge in [0.15, 0.2) is 0 Å². The predicted octanol–water partition coefficient (Wildman–Crippen LogP) is 1.86. The van der Waals surface area contributed by atoms with Crippen LogP contribution in [0.2, 0.25) is 0 Å². The van der Waals surface area contributed by atoms with Gasteiger partial charge < -0.3 is 10.5 Å². The molecule has 0 aliphatic heterocycles. The Morgan fingerprint density at radius 3 is 2.62 bits per heavy atom. The third-order valence-corrected chi connectivity index (χ3v) is 4.10. The van der Waals surface area contributed by atoms with Crippen molar-refractivity contribution in [1.82, 2.24) is 4.90 Å². The summed E-state index contributed by atoms with van der Waals surface area (Å²) >= 11 is 0. The molecule has 3 unspecified atom stereocenters. The smallest absolute Gasteiger partial charge is 0.0615 e. The van der Waals surface area contributed by atoms with Gasteiger partial charge in [-0.05, 0) is 38.6 Å². The van der Waals surface area contributed by atoms with Gasteiger partial charge in [-0.2, -0.15) is 0 Å². The zero-order chi connectivity index (χ0) is 12.2. The maximum Gasteiger partial charge on any atom is 0.0615 e. The molecule has 1 saturated carbocycles. The summed E-state index contributed by atoms with van der Waals surface area (Å²) < 4.78 is 5.28. The van der Waals surface area contributed by atoms with Gasteiger partial charge in [-0.3, -0.25) is 4.90 Å². The number of hydrogen-bond acceptors (Lipinski definition) is 3. The van der Waals surface area contributed by atoms with Crippen LogP contribution in [0.1, 0.15) is 40.0 Å². The first-order valence-corrected chi connectivity index (χ1v) is 6.55. The van der Waals surface area contributed by atoms with Crippen LogP contribution in [0, 0.1) is 5.92 Å². The van der Waals surface area contributed by atoms with Gasteiger partial charge in [-0.1, -0.05) is 13.8 Å². The summed E-state index contributed by atoms with van der Waals surface area (Å²) in [6, 6.07) is 0.462. The molecule has 0 heterocycles. The van der Waals surface area contributed by atoms with E-state index in [1.54, 1.807) is 7.11 Å². The van der Waals surface area contributed by atoms with Crippen molar-refractivity contribution in [2.24, 2.45) is 11.7 Å². The Bertz CT molecular complexity index is 210. The maximum absolute atomic E-state index is 6.06. The Kier molecular flexibility index (Phi) is 5.22. The summed E-state index contributed by atoms with van der Waals surface area (Å²) in [4.78, 5) is 2.56. The third kappa shape index (κ3) is 2.76. The molecule has 1 aliphatic rings. The fourth-order valence-electron chi connectivity index (χ4n) is 3.38. The minimum absolute atomic E-state index is 0.228. The molecule has 0 radical (unpaired) electrons. The summed E-state index contributed by atoms with van der Waals surface area (Å²) in [6.45, 7) is 9.45. The van der Waals surface area contributed by atoms with Gasteiger partial charge in [0.2, 0.25) is 0 Å². The maximum atomic E-state index is 6.06. The number of hydrogen-bond donors (Lipinski definition) is 1. The fraction of sp³-hybridized carbons (Fsp3) is 1.00. The van der Waals surface area contributed by atoms with Crippen LogP contribution in [0.25, 0.3) is 0 Å². The molecule has 0 saturated heterocycles. The Hall–Kier alpha value is -0.120. The summed E-state index contributed by atoms with van der Waals surface area (Å²) in [5.41, 5.74) is 6.29. The van der Waals surface area contributed by atoms with Crippen LogP contribution in [-0.2, 0) is 4.74 Å². The van der Waals surface area contributed by atoms with Crippen LogP contribution in [0.3, 0.4) is 0 Å². The fourth-order valence-corrected chi connectivity index (χ4v) is 3.38. The molecule has 0 aromatic carbocycles. The van der Waals surface area contributed by atoms with Crippen LogP contribution >= 0.6 is 0 Å². The van der Waals surface area contributed by atoms with Crippen molar-refractivity contribution < 1.29 is 4.74 Å². The molecule has 3 nitrogen and oxygen atoms in total. The van der Waals surface area contributed by atoms with Crippen LogP contribution in [0.4, 0.5) is 0 Å². The van der Waals surface area contributed by atoms with Crippen LogP contribution < -0.4 is 5.73 Å². The molecule has 0 aromatic heterocycles. The average Bonchev–Trinajstić information content (AvgIpc) is 2.63. The number of nitrogens with zero attached hydrogens (tertiary/aromatic N) is 1. The number of rotatable bonds is 6. The molecule has 1 fully saturated rings. The normalized spacial score (nSPS) is 32.2. The lowest BCUT2D eigenvalue weighted by Gasteiger charge is -2.44. The van der Waals surface area contributed by atoms with E-state index < -0.39 is 0 Å². The van der Waals surface area contributed by atoms with E-state index in [1.165, 1.54) is 19.3 Å². The second kappa shape index (κ2) is 5.99. The topological polar surface area (TPSA) is 38.5 Å². The van der Waals surface area contributed by atoms with Crippen molar-refractivity contribution in [2.75, 3.05) is 26.8 Å². The second-order valence-electron chi connectivity index (χ2n) is 5.37. The molecule has 0 spiro atoms. The Balaban J connectivity index is 2.75. The molecule has 2 N–H and O–H groups in total. The van der Waals surface area contributed by atoms with Crippen molar-refractivity contribution in [1.29, 1.82) is 0 Å². The highest BCUT2D eigenvalue weighted by Gasteiger charge is 2.42. The quantitative estimate of drug-likeness (QED) is 0.754. The van der Waals surface area contributed by atoms with E-state index in [-0.39, 0.29) is 5.54 Å². The van der Waals surface area contributed by atoms with Gasteiger partial charge in [0.05, 0.1) is 6.61 Å². The largest absolute Gasteiger partial charge is 0.383 e. The van der Waals surface area contributed by atoms with Gasteiger partial charge in [0.1, 0.15) is 0 Å². The Labute approximate surface area is 100 Å². The minimum atomic E-state index is 0.228. The van der Waals surface area contributed by atoms with E-state index in [4.69, 9.17) is 10.5 Å². The van der Waals surface area contributed by atoms with Crippen LogP contribution in [0.15, 0.2) is 0 Å². The second-order valence-corrected chi connectivity index (χ2v) is 5.37. The lowest BCUT2D eigenvalue weighted by atomic mass is 9.92. The molecular formula is C13H28N2O. The summed E-state index contributed by atoms with van der Waals surface area (Å²) in [6.07, 6.45) is 3.80. The van der Waals surface area contributed by atoms with E-state index in [9.17, 15) is 0 Å². The number of ether oxygens (including phenoxy) is 1. The van der Waals surface area contributed by atoms with Crippen molar-refractivity contribution in [3.63, 3.8) is 0 Å². The summed E-state index contributed by atoms with van der Waals surface area (Å²) in [5, 5.41) is 0. The monoisotopic (exact) mass is 228 g/mol. The lowest BCUT2D eigenvalue weighted by molar-refractivity contribution is 0.0215. The minimum Gasteiger partial charge on any atom is -0.383 e. The highest BCUT2D eigenvalue weighted by molar-refractivity contribution is 4.99. The first-order valence-electron chi connectivity index (χ1n) is 6.55. The molecule has 16 heavy (non-hydrogen) atoms. The molecular weight excluding hydrogens is 200 g/mol. The molecule has 3 heteroatoms. The third-order valence-electron chi connectivity index (χ3n) is 4.10. The number of methoxy groups -OCH3 is 1. The molecule has 0 aromatic rings. The SMILES string of the molecule is CCN(C(C)COC)C1(CN)CCC(C)C1. The number of likely N-dealkylation sites (N-methyl/N-ethyl adjacent to an activating group) is 1. The summed E-state index contributed by atoms with van der Waals surface area (Å²) in [5.74, 6) is 0.812. The van der Waals surface area contributed by atoms with Gasteiger partial charge in [0.25, 0.3) is 0 Å². The first kappa shape index (κ1) is 13.9. The van der Waals surface area contributed by atoms with Crippen molar-refractivity contribution >= 4 is 0 Å². The van der Waals surface area contributed by atoms with Gasteiger partial charge in [-0.15, -0.1) is 0 Å². The van der Waals surface area contributed by atoms with Gasteiger partial charge >= 0.3 is 0 Å².